The summed E-state index contributed by atoms with van der Waals surface area (Å²) in [5, 5.41) is 11.1. The quantitative estimate of drug-likeness (QED) is 0.151. The van der Waals surface area contributed by atoms with Crippen molar-refractivity contribution in [3.05, 3.63) is 105 Å². The minimum absolute atomic E-state index is 0.0564. The lowest BCUT2D eigenvalue weighted by Gasteiger charge is -2.26. The van der Waals surface area contributed by atoms with Gasteiger partial charge in [0.2, 0.25) is 0 Å². The molecule has 13 heteroatoms. The van der Waals surface area contributed by atoms with Crippen molar-refractivity contribution < 1.29 is 28.3 Å². The molecule has 0 bridgehead atoms. The van der Waals surface area contributed by atoms with E-state index >= 15 is 0 Å². The predicted molar refractivity (Wildman–Crippen MR) is 158 cm³/mol. The zero-order valence-electron chi connectivity index (χ0n) is 22.9. The molecule has 0 radical (unpaired) electrons. The summed E-state index contributed by atoms with van der Waals surface area (Å²) in [6.07, 6.45) is 1.60. The smallest absolute Gasteiger partial charge is 0.338 e. The largest absolute Gasteiger partial charge is 0.497 e. The summed E-state index contributed by atoms with van der Waals surface area (Å²) in [5.41, 5.74) is 1.38. The Morgan fingerprint density at radius 1 is 1.19 bits per heavy atom. The summed E-state index contributed by atoms with van der Waals surface area (Å²) in [6.45, 7) is 3.56. The number of halogens is 1. The van der Waals surface area contributed by atoms with Crippen LogP contribution in [0.2, 0.25) is 0 Å². The van der Waals surface area contributed by atoms with E-state index in [0.717, 1.165) is 11.3 Å². The summed E-state index contributed by atoms with van der Waals surface area (Å²) in [5.74, 6) is 1.24. The van der Waals surface area contributed by atoms with Crippen LogP contribution < -0.4 is 24.4 Å². The Labute approximate surface area is 251 Å². The third kappa shape index (κ3) is 5.28. The number of benzene rings is 2. The molecule has 42 heavy (non-hydrogen) atoms. The summed E-state index contributed by atoms with van der Waals surface area (Å²) in [6, 6.07) is 12.1. The number of nitro benzene ring substituents is 1. The first-order chi connectivity index (χ1) is 20.2. The highest BCUT2D eigenvalue weighted by molar-refractivity contribution is 9.10. The van der Waals surface area contributed by atoms with Crippen molar-refractivity contribution in [1.82, 2.24) is 4.57 Å². The number of hydrogen-bond acceptors (Lipinski definition) is 10. The minimum Gasteiger partial charge on any atom is -0.497 e. The molecule has 3 heterocycles. The van der Waals surface area contributed by atoms with Gasteiger partial charge in [-0.25, -0.2) is 9.79 Å². The van der Waals surface area contributed by atoms with Crippen LogP contribution in [-0.4, -0.2) is 36.3 Å². The Bertz CT molecular complexity index is 1940. The van der Waals surface area contributed by atoms with Gasteiger partial charge in [-0.15, -0.1) is 0 Å². The maximum atomic E-state index is 13.9. The molecule has 0 saturated heterocycles. The molecule has 1 aliphatic rings. The maximum Gasteiger partial charge on any atom is 0.338 e. The average molecular weight is 654 g/mol. The summed E-state index contributed by atoms with van der Waals surface area (Å²) in [4.78, 5) is 42.7. The number of furan rings is 1. The number of non-ortho nitro benzene ring substituents is 1. The van der Waals surface area contributed by atoms with Gasteiger partial charge in [-0.1, -0.05) is 11.3 Å². The number of thiazole rings is 1. The molecule has 0 amide bonds. The molecule has 0 unspecified atom stereocenters. The van der Waals surface area contributed by atoms with Gasteiger partial charge in [-0.05, 0) is 60.1 Å². The molecule has 0 saturated carbocycles. The fourth-order valence-electron chi connectivity index (χ4n) is 4.65. The van der Waals surface area contributed by atoms with Crippen LogP contribution in [0.25, 0.3) is 17.4 Å². The van der Waals surface area contributed by atoms with Gasteiger partial charge in [-0.2, -0.15) is 0 Å². The van der Waals surface area contributed by atoms with E-state index < -0.39 is 16.9 Å². The van der Waals surface area contributed by atoms with E-state index in [9.17, 15) is 19.7 Å². The van der Waals surface area contributed by atoms with E-state index in [-0.39, 0.29) is 23.4 Å². The zero-order valence-corrected chi connectivity index (χ0v) is 25.3. The molecular weight excluding hydrogens is 630 g/mol. The molecule has 11 nitrogen and oxygen atoms in total. The zero-order chi connectivity index (χ0) is 30.1. The van der Waals surface area contributed by atoms with Gasteiger partial charge < -0.3 is 18.6 Å². The fraction of sp³-hybridized carbons (Fsp3) is 0.207. The second kappa shape index (κ2) is 11.8. The monoisotopic (exact) mass is 653 g/mol. The molecule has 216 valence electrons. The Hall–Kier alpha value is -4.49. The van der Waals surface area contributed by atoms with Crippen LogP contribution in [0.15, 0.2) is 78.5 Å². The van der Waals surface area contributed by atoms with E-state index in [1.807, 2.05) is 0 Å². The van der Waals surface area contributed by atoms with E-state index in [1.54, 1.807) is 56.3 Å². The van der Waals surface area contributed by atoms with Crippen molar-refractivity contribution in [3.63, 3.8) is 0 Å². The van der Waals surface area contributed by atoms with Crippen LogP contribution in [-0.2, 0) is 9.53 Å². The summed E-state index contributed by atoms with van der Waals surface area (Å²) < 4.78 is 24.6. The number of hydrogen-bond donors (Lipinski definition) is 0. The molecule has 2 aromatic heterocycles. The number of fused-ring (bicyclic) bond motifs is 1. The normalized spacial score (nSPS) is 14.8. The van der Waals surface area contributed by atoms with Gasteiger partial charge in [0.15, 0.2) is 4.80 Å². The van der Waals surface area contributed by atoms with Gasteiger partial charge in [-0.3, -0.25) is 19.5 Å². The van der Waals surface area contributed by atoms with Crippen LogP contribution in [0, 0.1) is 10.1 Å². The molecule has 5 rings (SSSR count). The third-order valence-corrected chi connectivity index (χ3v) is 8.22. The number of methoxy groups -OCH3 is 2. The summed E-state index contributed by atoms with van der Waals surface area (Å²) >= 11 is 4.52. The Morgan fingerprint density at radius 2 is 1.98 bits per heavy atom. The van der Waals surface area contributed by atoms with Crippen LogP contribution in [0.3, 0.4) is 0 Å². The highest BCUT2D eigenvalue weighted by atomic mass is 79.9. The fourth-order valence-corrected chi connectivity index (χ4v) is 6.24. The number of nitro groups is 1. The van der Waals surface area contributed by atoms with Crippen molar-refractivity contribution in [2.24, 2.45) is 4.99 Å². The van der Waals surface area contributed by atoms with Crippen molar-refractivity contribution in [1.29, 1.82) is 0 Å². The lowest BCUT2D eigenvalue weighted by Crippen LogP contribution is -2.40. The van der Waals surface area contributed by atoms with Crippen LogP contribution >= 0.6 is 27.3 Å². The molecule has 1 aliphatic heterocycles. The lowest BCUT2D eigenvalue weighted by atomic mass is 9.95. The van der Waals surface area contributed by atoms with Crippen molar-refractivity contribution in [3.8, 4) is 22.8 Å². The standard InChI is InChI=1S/C29H24BrN3O8S/c1-5-40-28(35)25-15(2)31-29-32(26(25)20-10-7-17(38-3)13-23(20)39-4)27(34)24(42-29)14-18-8-11-22(41-18)19-9-6-16(33(36)37)12-21(19)30/h6-14,26H,5H2,1-4H3/b24-14-/t26-/m0/s1. The predicted octanol–water partition coefficient (Wildman–Crippen LogP) is 4.75. The van der Waals surface area contributed by atoms with E-state index in [2.05, 4.69) is 20.9 Å². The molecule has 0 spiro atoms. The minimum atomic E-state index is -0.869. The molecule has 4 aromatic rings. The van der Waals surface area contributed by atoms with E-state index in [1.165, 1.54) is 30.9 Å². The number of aromatic nitrogens is 1. The molecule has 0 aliphatic carbocycles. The van der Waals surface area contributed by atoms with Gasteiger partial charge >= 0.3 is 5.97 Å². The number of esters is 1. The SMILES string of the molecule is CCOC(=O)C1=C(C)N=c2s/c(=C\c3ccc(-c4ccc([N+](=O)[O-])cc4Br)o3)c(=O)n2[C@H]1c1ccc(OC)cc1OC. The average Bonchev–Trinajstić information content (AvgIpc) is 3.55. The first-order valence-electron chi connectivity index (χ1n) is 12.6. The number of ether oxygens (including phenoxy) is 3. The maximum absolute atomic E-state index is 13.9. The molecule has 1 atom stereocenters. The summed E-state index contributed by atoms with van der Waals surface area (Å²) in [7, 11) is 3.03. The van der Waals surface area contributed by atoms with Crippen molar-refractivity contribution in [2.75, 3.05) is 20.8 Å². The highest BCUT2D eigenvalue weighted by Gasteiger charge is 2.35. The van der Waals surface area contributed by atoms with Gasteiger partial charge in [0.1, 0.15) is 29.1 Å². The Morgan fingerprint density at radius 3 is 2.64 bits per heavy atom. The molecule has 0 N–H and O–H groups in total. The third-order valence-electron chi connectivity index (χ3n) is 6.58. The first-order valence-corrected chi connectivity index (χ1v) is 14.2. The molecular formula is C29H24BrN3O8S. The second-order valence-electron chi connectivity index (χ2n) is 9.03. The number of rotatable bonds is 8. The van der Waals surface area contributed by atoms with Gasteiger partial charge in [0.05, 0.1) is 41.6 Å². The number of carbonyl (C=O) groups excluding carboxylic acids is 1. The lowest BCUT2D eigenvalue weighted by molar-refractivity contribution is -0.384. The van der Waals surface area contributed by atoms with Crippen LogP contribution in [0.5, 0.6) is 11.5 Å². The molecule has 0 fully saturated rings. The molecule has 2 aromatic carbocycles. The van der Waals surface area contributed by atoms with Crippen LogP contribution in [0.4, 0.5) is 5.69 Å². The Kier molecular flexibility index (Phi) is 8.14. The van der Waals surface area contributed by atoms with E-state index in [0.29, 0.717) is 53.6 Å². The van der Waals surface area contributed by atoms with Gasteiger partial charge in [0, 0.05) is 39.9 Å². The highest BCUT2D eigenvalue weighted by Crippen LogP contribution is 2.38. The number of carbonyl (C=O) groups is 1. The first kappa shape index (κ1) is 29.0. The van der Waals surface area contributed by atoms with E-state index in [4.69, 9.17) is 18.6 Å². The Balaban J connectivity index is 1.64. The number of nitrogens with zero attached hydrogens (tertiary/aromatic N) is 3. The topological polar surface area (TPSA) is 135 Å². The van der Waals surface area contributed by atoms with Gasteiger partial charge in [0.25, 0.3) is 11.2 Å². The second-order valence-corrected chi connectivity index (χ2v) is 10.9. The van der Waals surface area contributed by atoms with Crippen molar-refractivity contribution in [2.45, 2.75) is 19.9 Å². The van der Waals surface area contributed by atoms with Crippen LogP contribution in [0.1, 0.15) is 31.2 Å². The van der Waals surface area contributed by atoms with Crippen molar-refractivity contribution >= 4 is 45.0 Å². The number of allylic oxidation sites excluding steroid dienone is 1.